The summed E-state index contributed by atoms with van der Waals surface area (Å²) >= 11 is 0. The normalized spacial score (nSPS) is 22.2. The summed E-state index contributed by atoms with van der Waals surface area (Å²) in [5, 5.41) is 10.8. The van der Waals surface area contributed by atoms with Gasteiger partial charge in [0.2, 0.25) is 15.9 Å². The van der Waals surface area contributed by atoms with E-state index in [2.05, 4.69) is 15.7 Å². The van der Waals surface area contributed by atoms with E-state index in [0.29, 0.717) is 45.2 Å². The number of hydrogen-bond acceptors (Lipinski definition) is 5. The minimum atomic E-state index is -3.16. The van der Waals surface area contributed by atoms with Gasteiger partial charge in [-0.05, 0) is 51.3 Å². The zero-order valence-electron chi connectivity index (χ0n) is 15.4. The molecule has 0 spiro atoms. The van der Waals surface area contributed by atoms with E-state index in [-0.39, 0.29) is 17.7 Å². The van der Waals surface area contributed by atoms with Crippen molar-refractivity contribution in [3.8, 4) is 0 Å². The third-order valence-electron chi connectivity index (χ3n) is 5.44. The van der Waals surface area contributed by atoms with Crippen LogP contribution in [0.5, 0.6) is 0 Å². The summed E-state index contributed by atoms with van der Waals surface area (Å²) in [6, 6.07) is 1.85. The highest BCUT2D eigenvalue weighted by Crippen LogP contribution is 2.28. The lowest BCUT2D eigenvalue weighted by Gasteiger charge is -2.39. The molecule has 0 aromatic carbocycles. The van der Waals surface area contributed by atoms with Crippen molar-refractivity contribution in [2.24, 2.45) is 0 Å². The van der Waals surface area contributed by atoms with Crippen molar-refractivity contribution >= 4 is 15.9 Å². The molecular formula is C17H29N5O3S. The van der Waals surface area contributed by atoms with E-state index in [0.717, 1.165) is 13.1 Å². The van der Waals surface area contributed by atoms with Crippen LogP contribution in [0.25, 0.3) is 0 Å². The van der Waals surface area contributed by atoms with Crippen LogP contribution < -0.4 is 10.6 Å². The monoisotopic (exact) mass is 383 g/mol. The Morgan fingerprint density at radius 1 is 1.31 bits per heavy atom. The summed E-state index contributed by atoms with van der Waals surface area (Å²) in [6.45, 7) is 4.38. The van der Waals surface area contributed by atoms with Gasteiger partial charge in [-0.15, -0.1) is 0 Å². The fourth-order valence-electron chi connectivity index (χ4n) is 3.91. The van der Waals surface area contributed by atoms with Crippen molar-refractivity contribution in [2.75, 3.05) is 31.9 Å². The van der Waals surface area contributed by atoms with Gasteiger partial charge in [0.1, 0.15) is 5.54 Å². The predicted octanol–water partition coefficient (Wildman–Crippen LogP) is 0.282. The number of nitrogens with zero attached hydrogens (tertiary/aromatic N) is 3. The number of carbonyl (C=O) groups excluding carboxylic acids is 1. The quantitative estimate of drug-likeness (QED) is 0.736. The third-order valence-corrected chi connectivity index (χ3v) is 7.52. The third kappa shape index (κ3) is 3.94. The molecule has 8 nitrogen and oxygen atoms in total. The van der Waals surface area contributed by atoms with Crippen molar-refractivity contribution in [3.63, 3.8) is 0 Å². The zero-order chi connectivity index (χ0) is 18.6. The number of piperidine rings is 2. The van der Waals surface area contributed by atoms with E-state index < -0.39 is 15.6 Å². The van der Waals surface area contributed by atoms with Gasteiger partial charge >= 0.3 is 0 Å². The maximum absolute atomic E-state index is 13.1. The summed E-state index contributed by atoms with van der Waals surface area (Å²) in [7, 11) is -3.16. The predicted molar refractivity (Wildman–Crippen MR) is 99.1 cm³/mol. The fraction of sp³-hybridized carbons (Fsp3) is 0.765. The molecule has 2 saturated heterocycles. The molecule has 1 aromatic heterocycles. The largest absolute Gasteiger partial charge is 0.351 e. The number of carbonyl (C=O) groups is 1. The molecule has 9 heteroatoms. The number of aromatic nitrogens is 2. The topological polar surface area (TPSA) is 96.3 Å². The molecule has 0 radical (unpaired) electrons. The van der Waals surface area contributed by atoms with Gasteiger partial charge in [0.15, 0.2) is 0 Å². The first-order valence-electron chi connectivity index (χ1n) is 9.47. The van der Waals surface area contributed by atoms with Gasteiger partial charge in [-0.1, -0.05) is 6.92 Å². The molecule has 0 saturated carbocycles. The van der Waals surface area contributed by atoms with Crippen molar-refractivity contribution in [2.45, 2.75) is 50.6 Å². The Hall–Kier alpha value is -1.45. The Labute approximate surface area is 155 Å². The van der Waals surface area contributed by atoms with Gasteiger partial charge < -0.3 is 10.6 Å². The Morgan fingerprint density at radius 3 is 2.58 bits per heavy atom. The lowest BCUT2D eigenvalue weighted by atomic mass is 9.86. The zero-order valence-corrected chi connectivity index (χ0v) is 16.2. The van der Waals surface area contributed by atoms with Crippen LogP contribution in [-0.2, 0) is 20.4 Å². The molecule has 0 bridgehead atoms. The molecule has 2 fully saturated rings. The van der Waals surface area contributed by atoms with Gasteiger partial charge in [-0.3, -0.25) is 9.48 Å². The molecule has 2 aliphatic rings. The number of amides is 1. The van der Waals surface area contributed by atoms with Gasteiger partial charge in [-0.2, -0.15) is 5.10 Å². The first-order valence-corrected chi connectivity index (χ1v) is 11.1. The van der Waals surface area contributed by atoms with Gasteiger partial charge in [-0.25, -0.2) is 12.7 Å². The molecule has 3 heterocycles. The van der Waals surface area contributed by atoms with Gasteiger partial charge in [0.25, 0.3) is 0 Å². The number of nitrogens with one attached hydrogen (secondary N) is 2. The Kier molecular flexibility index (Phi) is 5.99. The highest BCUT2D eigenvalue weighted by molar-refractivity contribution is 7.89. The van der Waals surface area contributed by atoms with E-state index in [9.17, 15) is 13.2 Å². The van der Waals surface area contributed by atoms with E-state index in [4.69, 9.17) is 0 Å². The molecule has 2 aliphatic heterocycles. The van der Waals surface area contributed by atoms with E-state index in [1.165, 1.54) is 0 Å². The second-order valence-corrected chi connectivity index (χ2v) is 9.28. The van der Waals surface area contributed by atoms with E-state index in [1.807, 2.05) is 19.2 Å². The number of hydrogen-bond donors (Lipinski definition) is 2. The minimum Gasteiger partial charge on any atom is -0.351 e. The number of rotatable bonds is 6. The maximum Gasteiger partial charge on any atom is 0.248 e. The van der Waals surface area contributed by atoms with E-state index >= 15 is 0 Å². The van der Waals surface area contributed by atoms with Crippen LogP contribution in [0, 0.1) is 0 Å². The Morgan fingerprint density at radius 2 is 2.00 bits per heavy atom. The van der Waals surface area contributed by atoms with Crippen molar-refractivity contribution in [3.05, 3.63) is 18.5 Å². The van der Waals surface area contributed by atoms with Crippen molar-refractivity contribution in [1.29, 1.82) is 0 Å². The highest BCUT2D eigenvalue weighted by Gasteiger charge is 2.43. The Balaban J connectivity index is 1.63. The standard InChI is InChI=1S/C17H29N5O3S/c1-2-14-26(24,25)21-12-4-15(5-13-21)20-16(23)17(6-9-18-10-7-17)22-11-3-8-19-22/h3,8,11,15,18H,2,4-7,9-10,12-14H2,1H3,(H,20,23). The molecule has 0 aliphatic carbocycles. The van der Waals surface area contributed by atoms with Gasteiger partial charge in [0.05, 0.1) is 5.75 Å². The summed E-state index contributed by atoms with van der Waals surface area (Å²) in [5.74, 6) is 0.192. The second kappa shape index (κ2) is 8.06. The molecule has 1 aromatic rings. The van der Waals surface area contributed by atoms with Crippen LogP contribution in [0.3, 0.4) is 0 Å². The van der Waals surface area contributed by atoms with Crippen LogP contribution in [0.4, 0.5) is 0 Å². The first-order chi connectivity index (χ1) is 12.5. The molecule has 0 atom stereocenters. The van der Waals surface area contributed by atoms with Crippen molar-refractivity contribution < 1.29 is 13.2 Å². The SMILES string of the molecule is CCCS(=O)(=O)N1CCC(NC(=O)C2(n3cccn3)CCNCC2)CC1. The smallest absolute Gasteiger partial charge is 0.248 e. The second-order valence-electron chi connectivity index (χ2n) is 7.20. The Bertz CT molecular complexity index is 690. The summed E-state index contributed by atoms with van der Waals surface area (Å²) < 4.78 is 27.7. The minimum absolute atomic E-state index is 0.00225. The average molecular weight is 384 g/mol. The van der Waals surface area contributed by atoms with Crippen LogP contribution in [0.2, 0.25) is 0 Å². The first kappa shape index (κ1) is 19.3. The van der Waals surface area contributed by atoms with E-state index in [1.54, 1.807) is 15.2 Å². The summed E-state index contributed by atoms with van der Waals surface area (Å²) in [5.41, 5.74) is -0.653. The molecule has 1 amide bonds. The molecule has 0 unspecified atom stereocenters. The molecule has 146 valence electrons. The molecule has 2 N–H and O–H groups in total. The van der Waals surface area contributed by atoms with Crippen LogP contribution in [0.1, 0.15) is 39.0 Å². The lowest BCUT2D eigenvalue weighted by Crippen LogP contribution is -2.57. The maximum atomic E-state index is 13.1. The molecular weight excluding hydrogens is 354 g/mol. The van der Waals surface area contributed by atoms with Crippen molar-refractivity contribution in [1.82, 2.24) is 24.7 Å². The lowest BCUT2D eigenvalue weighted by molar-refractivity contribution is -0.133. The summed E-state index contributed by atoms with van der Waals surface area (Å²) in [4.78, 5) is 13.1. The molecule has 26 heavy (non-hydrogen) atoms. The van der Waals surface area contributed by atoms with Gasteiger partial charge in [0, 0.05) is 31.5 Å². The molecule has 3 rings (SSSR count). The van der Waals surface area contributed by atoms with Crippen LogP contribution >= 0.6 is 0 Å². The average Bonchev–Trinajstić information content (AvgIpc) is 3.18. The fourth-order valence-corrected chi connectivity index (χ4v) is 5.45. The highest BCUT2D eigenvalue weighted by atomic mass is 32.2. The van der Waals surface area contributed by atoms with Crippen LogP contribution in [-0.4, -0.2) is 66.4 Å². The number of sulfonamides is 1. The van der Waals surface area contributed by atoms with Crippen LogP contribution in [0.15, 0.2) is 18.5 Å². The summed E-state index contributed by atoms with van der Waals surface area (Å²) in [6.07, 6.45) is 6.89.